The maximum atomic E-state index is 14.0. The van der Waals surface area contributed by atoms with Crippen LogP contribution >= 0.6 is 0 Å². The zero-order chi connectivity index (χ0) is 14.5. The van der Waals surface area contributed by atoms with Gasteiger partial charge in [-0.15, -0.1) is 0 Å². The number of hydrogen-bond acceptors (Lipinski definition) is 3. The number of hydrogen-bond donors (Lipinski definition) is 1. The van der Waals surface area contributed by atoms with Gasteiger partial charge in [0.1, 0.15) is 5.82 Å². The Bertz CT molecular complexity index is 434. The zero-order valence-corrected chi connectivity index (χ0v) is 12.8. The van der Waals surface area contributed by atoms with Crippen LogP contribution in [0.4, 0.5) is 4.39 Å². The average Bonchev–Trinajstić information content (AvgIpc) is 2.43. The van der Waals surface area contributed by atoms with E-state index in [1.807, 2.05) is 19.2 Å². The standard InChI is InChI=1S/C16H26FN3/c1-18-10-13-6-7-16(17)14(9-13)11-20-8-4-5-15(12-20)19(2)3/h6-7,9,15,18H,4-5,8,10-12H2,1-3H3. The van der Waals surface area contributed by atoms with E-state index in [0.29, 0.717) is 12.6 Å². The van der Waals surface area contributed by atoms with E-state index in [1.165, 1.54) is 12.8 Å². The molecule has 1 unspecified atom stereocenters. The molecule has 3 nitrogen and oxygen atoms in total. The molecule has 0 aliphatic carbocycles. The van der Waals surface area contributed by atoms with Crippen molar-refractivity contribution in [3.05, 3.63) is 35.1 Å². The zero-order valence-electron chi connectivity index (χ0n) is 12.8. The van der Waals surface area contributed by atoms with Crippen LogP contribution in [0.3, 0.4) is 0 Å². The maximum Gasteiger partial charge on any atom is 0.127 e. The Morgan fingerprint density at radius 3 is 2.90 bits per heavy atom. The first-order chi connectivity index (χ1) is 9.60. The van der Waals surface area contributed by atoms with Gasteiger partial charge in [-0.05, 0) is 52.2 Å². The predicted molar refractivity (Wildman–Crippen MR) is 81.1 cm³/mol. The number of likely N-dealkylation sites (tertiary alicyclic amines) is 1. The minimum absolute atomic E-state index is 0.0863. The highest BCUT2D eigenvalue weighted by Gasteiger charge is 2.22. The molecular weight excluding hydrogens is 253 g/mol. The number of benzene rings is 1. The van der Waals surface area contributed by atoms with Crippen LogP contribution < -0.4 is 5.32 Å². The van der Waals surface area contributed by atoms with Gasteiger partial charge in [0.2, 0.25) is 0 Å². The van der Waals surface area contributed by atoms with Crippen LogP contribution in [-0.2, 0) is 13.1 Å². The molecule has 1 fully saturated rings. The summed E-state index contributed by atoms with van der Waals surface area (Å²) >= 11 is 0. The largest absolute Gasteiger partial charge is 0.316 e. The van der Waals surface area contributed by atoms with Gasteiger partial charge < -0.3 is 10.2 Å². The van der Waals surface area contributed by atoms with E-state index in [9.17, 15) is 4.39 Å². The van der Waals surface area contributed by atoms with E-state index in [0.717, 1.165) is 30.8 Å². The topological polar surface area (TPSA) is 18.5 Å². The fourth-order valence-corrected chi connectivity index (χ4v) is 2.90. The molecule has 1 heterocycles. The third kappa shape index (κ3) is 4.01. The van der Waals surface area contributed by atoms with Crippen molar-refractivity contribution in [3.8, 4) is 0 Å². The highest BCUT2D eigenvalue weighted by atomic mass is 19.1. The third-order valence-electron chi connectivity index (χ3n) is 4.10. The van der Waals surface area contributed by atoms with Crippen LogP contribution in [-0.4, -0.2) is 50.1 Å². The normalized spacial score (nSPS) is 20.6. The molecular formula is C16H26FN3. The van der Waals surface area contributed by atoms with Crippen LogP contribution in [0.5, 0.6) is 0 Å². The molecule has 1 aliphatic rings. The van der Waals surface area contributed by atoms with E-state index in [2.05, 4.69) is 29.2 Å². The first-order valence-corrected chi connectivity index (χ1v) is 7.41. The summed E-state index contributed by atoms with van der Waals surface area (Å²) in [5.74, 6) is -0.0863. The van der Waals surface area contributed by atoms with Crippen molar-refractivity contribution < 1.29 is 4.39 Å². The fraction of sp³-hybridized carbons (Fsp3) is 0.625. The number of rotatable bonds is 5. The van der Waals surface area contributed by atoms with E-state index in [4.69, 9.17) is 0 Å². The van der Waals surface area contributed by atoms with E-state index < -0.39 is 0 Å². The molecule has 2 rings (SSSR count). The van der Waals surface area contributed by atoms with Crippen LogP contribution in [0.25, 0.3) is 0 Å². The minimum Gasteiger partial charge on any atom is -0.316 e. The van der Waals surface area contributed by atoms with E-state index in [-0.39, 0.29) is 5.82 Å². The molecule has 1 aromatic carbocycles. The third-order valence-corrected chi connectivity index (χ3v) is 4.10. The first kappa shape index (κ1) is 15.4. The quantitative estimate of drug-likeness (QED) is 0.890. The fourth-order valence-electron chi connectivity index (χ4n) is 2.90. The van der Waals surface area contributed by atoms with Crippen molar-refractivity contribution in [2.45, 2.75) is 32.0 Å². The summed E-state index contributed by atoms with van der Waals surface area (Å²) in [5.41, 5.74) is 1.96. The summed E-state index contributed by atoms with van der Waals surface area (Å²) in [7, 11) is 6.17. The van der Waals surface area contributed by atoms with Crippen molar-refractivity contribution in [2.24, 2.45) is 0 Å². The van der Waals surface area contributed by atoms with Crippen LogP contribution in [0.2, 0.25) is 0 Å². The van der Waals surface area contributed by atoms with E-state index >= 15 is 0 Å². The molecule has 1 aliphatic heterocycles. The molecule has 1 atom stereocenters. The summed E-state index contributed by atoms with van der Waals surface area (Å²) in [6.45, 7) is 3.60. The monoisotopic (exact) mass is 279 g/mol. The molecule has 1 aromatic rings. The van der Waals surface area contributed by atoms with Gasteiger partial charge >= 0.3 is 0 Å². The Labute approximate surface area is 121 Å². The highest BCUT2D eigenvalue weighted by Crippen LogP contribution is 2.18. The molecule has 0 aromatic heterocycles. The van der Waals surface area contributed by atoms with Gasteiger partial charge in [0, 0.05) is 31.2 Å². The number of likely N-dealkylation sites (N-methyl/N-ethyl adjacent to an activating group) is 1. The van der Waals surface area contributed by atoms with Crippen molar-refractivity contribution >= 4 is 0 Å². The van der Waals surface area contributed by atoms with Crippen molar-refractivity contribution in [2.75, 3.05) is 34.2 Å². The van der Waals surface area contributed by atoms with Gasteiger partial charge in [-0.3, -0.25) is 4.90 Å². The van der Waals surface area contributed by atoms with Gasteiger partial charge in [0.05, 0.1) is 0 Å². The first-order valence-electron chi connectivity index (χ1n) is 7.41. The van der Waals surface area contributed by atoms with Crippen LogP contribution in [0, 0.1) is 5.82 Å². The molecule has 1 N–H and O–H groups in total. The van der Waals surface area contributed by atoms with Crippen LogP contribution in [0.15, 0.2) is 18.2 Å². The lowest BCUT2D eigenvalue weighted by molar-refractivity contribution is 0.127. The second-order valence-electron chi connectivity index (χ2n) is 5.95. The van der Waals surface area contributed by atoms with Crippen molar-refractivity contribution in [1.29, 1.82) is 0 Å². The van der Waals surface area contributed by atoms with Gasteiger partial charge in [0.25, 0.3) is 0 Å². The molecule has 0 amide bonds. The lowest BCUT2D eigenvalue weighted by Crippen LogP contribution is -2.44. The maximum absolute atomic E-state index is 14.0. The van der Waals surface area contributed by atoms with Gasteiger partial charge in [0.15, 0.2) is 0 Å². The summed E-state index contributed by atoms with van der Waals surface area (Å²) in [6.07, 6.45) is 2.44. The number of piperidine rings is 1. The minimum atomic E-state index is -0.0863. The highest BCUT2D eigenvalue weighted by molar-refractivity contribution is 5.25. The molecule has 0 radical (unpaired) electrons. The van der Waals surface area contributed by atoms with Crippen molar-refractivity contribution in [1.82, 2.24) is 15.1 Å². The Balaban J connectivity index is 2.03. The summed E-state index contributed by atoms with van der Waals surface area (Å²) in [5, 5.41) is 3.11. The van der Waals surface area contributed by atoms with Crippen LogP contribution in [0.1, 0.15) is 24.0 Å². The number of halogens is 1. The average molecular weight is 279 g/mol. The lowest BCUT2D eigenvalue weighted by atomic mass is 10.0. The molecule has 0 spiro atoms. The Hall–Kier alpha value is -0.970. The molecule has 0 saturated carbocycles. The molecule has 0 bridgehead atoms. The lowest BCUT2D eigenvalue weighted by Gasteiger charge is -2.36. The smallest absolute Gasteiger partial charge is 0.127 e. The SMILES string of the molecule is CNCc1ccc(F)c(CN2CCCC(N(C)C)C2)c1. The van der Waals surface area contributed by atoms with Gasteiger partial charge in [-0.2, -0.15) is 0 Å². The van der Waals surface area contributed by atoms with Gasteiger partial charge in [-0.25, -0.2) is 4.39 Å². The van der Waals surface area contributed by atoms with Crippen molar-refractivity contribution in [3.63, 3.8) is 0 Å². The number of nitrogens with zero attached hydrogens (tertiary/aromatic N) is 2. The number of nitrogens with one attached hydrogen (secondary N) is 1. The summed E-state index contributed by atoms with van der Waals surface area (Å²) < 4.78 is 14.0. The molecule has 1 saturated heterocycles. The van der Waals surface area contributed by atoms with Gasteiger partial charge in [-0.1, -0.05) is 12.1 Å². The molecule has 4 heteroatoms. The predicted octanol–water partition coefficient (Wildman–Crippen LogP) is 2.07. The Morgan fingerprint density at radius 2 is 2.20 bits per heavy atom. The Morgan fingerprint density at radius 1 is 1.40 bits per heavy atom. The summed E-state index contributed by atoms with van der Waals surface area (Å²) in [4.78, 5) is 4.65. The second-order valence-corrected chi connectivity index (χ2v) is 5.95. The summed E-state index contributed by atoms with van der Waals surface area (Å²) in [6, 6.07) is 6.03. The van der Waals surface area contributed by atoms with E-state index in [1.54, 1.807) is 6.07 Å². The molecule has 112 valence electrons. The second kappa shape index (κ2) is 7.16. The Kier molecular flexibility index (Phi) is 5.52. The molecule has 20 heavy (non-hydrogen) atoms.